The van der Waals surface area contributed by atoms with Crippen molar-refractivity contribution in [2.45, 2.75) is 32.4 Å². The lowest BCUT2D eigenvalue weighted by molar-refractivity contribution is -0.123. The maximum Gasteiger partial charge on any atom is 0.332 e. The van der Waals surface area contributed by atoms with Gasteiger partial charge in [0.1, 0.15) is 5.82 Å². The van der Waals surface area contributed by atoms with Crippen molar-refractivity contribution in [3.63, 3.8) is 0 Å². The monoisotopic (exact) mass is 478 g/mol. The molecule has 150 valence electrons. The summed E-state index contributed by atoms with van der Waals surface area (Å²) in [6.45, 7) is 1.64. The van der Waals surface area contributed by atoms with Crippen molar-refractivity contribution in [2.75, 3.05) is 0 Å². The van der Waals surface area contributed by atoms with Gasteiger partial charge in [-0.1, -0.05) is 39.7 Å². The number of hydrogen-bond acceptors (Lipinski definition) is 3. The Morgan fingerprint density at radius 2 is 1.90 bits per heavy atom. The fourth-order valence-electron chi connectivity index (χ4n) is 3.49. The van der Waals surface area contributed by atoms with E-state index < -0.39 is 23.1 Å². The minimum atomic E-state index is -0.782. The van der Waals surface area contributed by atoms with Crippen LogP contribution in [0, 0.1) is 11.7 Å². The van der Waals surface area contributed by atoms with E-state index in [2.05, 4.69) is 15.9 Å². The summed E-state index contributed by atoms with van der Waals surface area (Å²) in [4.78, 5) is 39.0. The molecule has 29 heavy (non-hydrogen) atoms. The van der Waals surface area contributed by atoms with E-state index >= 15 is 0 Å². The normalized spacial score (nSPS) is 14.9. The van der Waals surface area contributed by atoms with E-state index in [9.17, 15) is 18.8 Å². The molecule has 1 saturated carbocycles. The number of carbonyl (C=O) groups excluding carboxylic acids is 1. The smallest absolute Gasteiger partial charge is 0.297 e. The SMILES string of the molecule is CC(C(=O)C1CC1)n1c(=O)n(Cc2ccc(Br)cc2)c(=O)c2cc(F)c(Cl)cc21. The quantitative estimate of drug-likeness (QED) is 0.548. The van der Waals surface area contributed by atoms with Crippen LogP contribution in [0.15, 0.2) is 50.5 Å². The second kappa shape index (κ2) is 7.54. The van der Waals surface area contributed by atoms with Gasteiger partial charge in [-0.05, 0) is 49.6 Å². The third-order valence-electron chi connectivity index (χ3n) is 5.24. The molecule has 0 saturated heterocycles. The van der Waals surface area contributed by atoms with E-state index in [0.29, 0.717) is 0 Å². The van der Waals surface area contributed by atoms with Crippen LogP contribution < -0.4 is 11.2 Å². The van der Waals surface area contributed by atoms with Crippen LogP contribution in [0.2, 0.25) is 5.02 Å². The minimum absolute atomic E-state index is 0.00940. The summed E-state index contributed by atoms with van der Waals surface area (Å²) in [5.74, 6) is -0.893. The summed E-state index contributed by atoms with van der Waals surface area (Å²) in [5.41, 5.74) is -0.339. The second-order valence-electron chi connectivity index (χ2n) is 7.31. The molecule has 1 fully saturated rings. The molecule has 0 aliphatic heterocycles. The van der Waals surface area contributed by atoms with Gasteiger partial charge in [0.15, 0.2) is 5.78 Å². The number of rotatable bonds is 5. The standard InChI is InChI=1S/C21H17BrClFN2O3/c1-11(19(27)13-4-5-13)26-18-9-16(23)17(24)8-15(18)20(28)25(21(26)29)10-12-2-6-14(22)7-3-12/h2-3,6-9,11,13H,4-5,10H2,1H3. The molecule has 0 radical (unpaired) electrons. The molecular formula is C21H17BrClFN2O3. The molecule has 3 aromatic rings. The van der Waals surface area contributed by atoms with Gasteiger partial charge in [0.2, 0.25) is 0 Å². The van der Waals surface area contributed by atoms with Crippen molar-refractivity contribution in [3.05, 3.63) is 78.1 Å². The zero-order valence-electron chi connectivity index (χ0n) is 15.5. The number of carbonyl (C=O) groups is 1. The third kappa shape index (κ3) is 3.69. The lowest BCUT2D eigenvalue weighted by Crippen LogP contribution is -2.43. The summed E-state index contributed by atoms with van der Waals surface area (Å²) >= 11 is 9.27. The van der Waals surface area contributed by atoms with E-state index in [0.717, 1.165) is 33.5 Å². The summed E-state index contributed by atoms with van der Waals surface area (Å²) in [6.07, 6.45) is 1.59. The van der Waals surface area contributed by atoms with Crippen molar-refractivity contribution in [2.24, 2.45) is 5.92 Å². The molecular weight excluding hydrogens is 463 g/mol. The highest BCUT2D eigenvalue weighted by atomic mass is 79.9. The lowest BCUT2D eigenvalue weighted by Gasteiger charge is -2.19. The first-order valence-corrected chi connectivity index (χ1v) is 10.4. The Bertz CT molecular complexity index is 1250. The fourth-order valence-corrected chi connectivity index (χ4v) is 3.92. The van der Waals surface area contributed by atoms with Gasteiger partial charge in [-0.3, -0.25) is 18.7 Å². The van der Waals surface area contributed by atoms with Gasteiger partial charge in [0.05, 0.1) is 28.5 Å². The van der Waals surface area contributed by atoms with Crippen molar-refractivity contribution in [3.8, 4) is 0 Å². The maximum atomic E-state index is 14.1. The molecule has 1 heterocycles. The minimum Gasteiger partial charge on any atom is -0.297 e. The first kappa shape index (κ1) is 20.0. The number of Topliss-reactive ketones (excluding diaryl/α,β-unsaturated/α-hetero) is 1. The topological polar surface area (TPSA) is 61.1 Å². The number of aromatic nitrogens is 2. The number of hydrogen-bond donors (Lipinski definition) is 0. The summed E-state index contributed by atoms with van der Waals surface area (Å²) in [7, 11) is 0. The van der Waals surface area contributed by atoms with E-state index in [1.54, 1.807) is 31.2 Å². The molecule has 1 aliphatic carbocycles. The lowest BCUT2D eigenvalue weighted by atomic mass is 10.1. The molecule has 2 aromatic carbocycles. The molecule has 4 rings (SSSR count). The van der Waals surface area contributed by atoms with Crippen LogP contribution in [0.4, 0.5) is 4.39 Å². The van der Waals surface area contributed by atoms with Crippen LogP contribution in [-0.2, 0) is 11.3 Å². The average Bonchev–Trinajstić information content (AvgIpc) is 3.53. The molecule has 0 bridgehead atoms. The van der Waals surface area contributed by atoms with Gasteiger partial charge in [-0.15, -0.1) is 0 Å². The largest absolute Gasteiger partial charge is 0.332 e. The number of ketones is 1. The maximum absolute atomic E-state index is 14.1. The van der Waals surface area contributed by atoms with Gasteiger partial charge in [0, 0.05) is 10.4 Å². The summed E-state index contributed by atoms with van der Waals surface area (Å²) in [6, 6.07) is 8.67. The molecule has 0 N–H and O–H groups in total. The van der Waals surface area contributed by atoms with Gasteiger partial charge in [0.25, 0.3) is 5.56 Å². The Morgan fingerprint density at radius 3 is 2.52 bits per heavy atom. The fraction of sp³-hybridized carbons (Fsp3) is 0.286. The van der Waals surface area contributed by atoms with Crippen molar-refractivity contribution in [1.29, 1.82) is 0 Å². The Labute approximate surface area is 178 Å². The number of benzene rings is 2. The average molecular weight is 480 g/mol. The van der Waals surface area contributed by atoms with Crippen LogP contribution in [0.25, 0.3) is 10.9 Å². The van der Waals surface area contributed by atoms with E-state index in [4.69, 9.17) is 11.6 Å². The summed E-state index contributed by atoms with van der Waals surface area (Å²) < 4.78 is 17.3. The zero-order chi connectivity index (χ0) is 20.9. The third-order valence-corrected chi connectivity index (χ3v) is 6.06. The molecule has 1 atom stereocenters. The van der Waals surface area contributed by atoms with E-state index in [1.807, 2.05) is 0 Å². The van der Waals surface area contributed by atoms with Crippen molar-refractivity contribution in [1.82, 2.24) is 9.13 Å². The number of halogens is 3. The predicted octanol–water partition coefficient (Wildman–Crippen LogP) is 4.31. The van der Waals surface area contributed by atoms with E-state index in [1.165, 1.54) is 10.6 Å². The molecule has 1 aromatic heterocycles. The molecule has 0 spiro atoms. The molecule has 5 nitrogen and oxygen atoms in total. The Balaban J connectivity index is 1.97. The zero-order valence-corrected chi connectivity index (χ0v) is 17.8. The molecule has 0 amide bonds. The Morgan fingerprint density at radius 1 is 1.24 bits per heavy atom. The van der Waals surface area contributed by atoms with Gasteiger partial charge in [-0.2, -0.15) is 0 Å². The number of nitrogens with zero attached hydrogens (tertiary/aromatic N) is 2. The molecule has 1 aliphatic rings. The van der Waals surface area contributed by atoms with Crippen molar-refractivity contribution < 1.29 is 9.18 Å². The highest BCUT2D eigenvalue weighted by molar-refractivity contribution is 9.10. The first-order valence-electron chi connectivity index (χ1n) is 9.20. The van der Waals surface area contributed by atoms with Crippen LogP contribution in [0.1, 0.15) is 31.4 Å². The van der Waals surface area contributed by atoms with Crippen LogP contribution in [0.3, 0.4) is 0 Å². The van der Waals surface area contributed by atoms with Gasteiger partial charge >= 0.3 is 5.69 Å². The Hall–Kier alpha value is -2.25. The highest BCUT2D eigenvalue weighted by Gasteiger charge is 2.35. The highest BCUT2D eigenvalue weighted by Crippen LogP contribution is 2.34. The number of fused-ring (bicyclic) bond motifs is 1. The van der Waals surface area contributed by atoms with Gasteiger partial charge < -0.3 is 0 Å². The van der Waals surface area contributed by atoms with E-state index in [-0.39, 0.29) is 34.2 Å². The molecule has 1 unspecified atom stereocenters. The Kier molecular flexibility index (Phi) is 5.21. The first-order chi connectivity index (χ1) is 13.8. The predicted molar refractivity (Wildman–Crippen MR) is 113 cm³/mol. The second-order valence-corrected chi connectivity index (χ2v) is 8.63. The van der Waals surface area contributed by atoms with Gasteiger partial charge in [-0.25, -0.2) is 9.18 Å². The summed E-state index contributed by atoms with van der Waals surface area (Å²) in [5, 5.41) is -0.194. The van der Waals surface area contributed by atoms with Crippen LogP contribution in [0.5, 0.6) is 0 Å². The van der Waals surface area contributed by atoms with Crippen LogP contribution in [-0.4, -0.2) is 14.9 Å². The molecule has 8 heteroatoms. The van der Waals surface area contributed by atoms with Crippen LogP contribution >= 0.6 is 27.5 Å². The van der Waals surface area contributed by atoms with Crippen molar-refractivity contribution >= 4 is 44.2 Å².